The number of halogens is 1. The summed E-state index contributed by atoms with van der Waals surface area (Å²) in [5.74, 6) is 0.920. The minimum atomic E-state index is 0.623. The van der Waals surface area contributed by atoms with Crippen molar-refractivity contribution in [3.8, 4) is 0 Å². The molecule has 0 radical (unpaired) electrons. The summed E-state index contributed by atoms with van der Waals surface area (Å²) in [7, 11) is 1.68. The molecule has 0 aliphatic carbocycles. The smallest absolute Gasteiger partial charge is 0.117 e. The molecule has 15 heavy (non-hydrogen) atoms. The van der Waals surface area contributed by atoms with Crippen LogP contribution in [0.25, 0.3) is 0 Å². The molecule has 0 unspecified atom stereocenters. The third kappa shape index (κ3) is 5.02. The fraction of sp³-hybridized carbons (Fsp3) is 0.455. The molecule has 0 bridgehead atoms. The largest absolute Gasteiger partial charge is 0.468 e. The lowest BCUT2D eigenvalue weighted by Crippen LogP contribution is -2.28. The van der Waals surface area contributed by atoms with Gasteiger partial charge in [-0.2, -0.15) is 0 Å². The van der Waals surface area contributed by atoms with E-state index in [-0.39, 0.29) is 0 Å². The van der Waals surface area contributed by atoms with Crippen LogP contribution in [0.1, 0.15) is 5.76 Å². The summed E-state index contributed by atoms with van der Waals surface area (Å²) < 4.78 is 10.3. The average molecular weight is 230 g/mol. The molecule has 1 rings (SSSR count). The first-order chi connectivity index (χ1) is 7.22. The summed E-state index contributed by atoms with van der Waals surface area (Å²) in [4.78, 5) is 2.12. The van der Waals surface area contributed by atoms with Crippen molar-refractivity contribution in [3.05, 3.63) is 35.8 Å². The van der Waals surface area contributed by atoms with E-state index in [1.807, 2.05) is 12.1 Å². The van der Waals surface area contributed by atoms with Gasteiger partial charge in [-0.3, -0.25) is 4.90 Å². The van der Waals surface area contributed by atoms with Crippen LogP contribution in [0.3, 0.4) is 0 Å². The Morgan fingerprint density at radius 3 is 3.00 bits per heavy atom. The van der Waals surface area contributed by atoms with E-state index in [0.717, 1.165) is 18.8 Å². The van der Waals surface area contributed by atoms with Gasteiger partial charge in [0, 0.05) is 25.2 Å². The zero-order chi connectivity index (χ0) is 11.1. The lowest BCUT2D eigenvalue weighted by Gasteiger charge is -2.19. The second-order valence-electron chi connectivity index (χ2n) is 3.30. The predicted molar refractivity (Wildman–Crippen MR) is 60.9 cm³/mol. The number of hydrogen-bond donors (Lipinski definition) is 0. The van der Waals surface area contributed by atoms with Crippen molar-refractivity contribution in [1.29, 1.82) is 0 Å². The van der Waals surface area contributed by atoms with Gasteiger partial charge in [-0.1, -0.05) is 18.2 Å². The number of furan rings is 1. The number of hydrogen-bond acceptors (Lipinski definition) is 3. The van der Waals surface area contributed by atoms with Gasteiger partial charge < -0.3 is 9.15 Å². The Balaban J connectivity index is 2.44. The zero-order valence-electron chi connectivity index (χ0n) is 8.91. The summed E-state index contributed by atoms with van der Waals surface area (Å²) in [5.41, 5.74) is 0. The summed E-state index contributed by atoms with van der Waals surface area (Å²) in [6.07, 6.45) is 1.67. The molecular formula is C11H16ClNO2. The van der Waals surface area contributed by atoms with Crippen molar-refractivity contribution in [1.82, 2.24) is 4.90 Å². The first-order valence-electron chi connectivity index (χ1n) is 4.79. The molecule has 0 spiro atoms. The number of nitrogens with zero attached hydrogens (tertiary/aromatic N) is 1. The molecule has 0 atom stereocenters. The summed E-state index contributed by atoms with van der Waals surface area (Å²) >= 11 is 5.78. The van der Waals surface area contributed by atoms with Crippen molar-refractivity contribution in [2.75, 3.05) is 26.8 Å². The number of rotatable bonds is 7. The van der Waals surface area contributed by atoms with Crippen LogP contribution in [0.15, 0.2) is 34.4 Å². The molecular weight excluding hydrogens is 214 g/mol. The Morgan fingerprint density at radius 2 is 2.47 bits per heavy atom. The second kappa shape index (κ2) is 6.67. The minimum absolute atomic E-state index is 0.623. The lowest BCUT2D eigenvalue weighted by atomic mass is 10.4. The fourth-order valence-corrected chi connectivity index (χ4v) is 1.47. The molecule has 0 amide bonds. The Kier molecular flexibility index (Phi) is 5.47. The average Bonchev–Trinajstić information content (AvgIpc) is 2.66. The van der Waals surface area contributed by atoms with Crippen LogP contribution in [0, 0.1) is 0 Å². The number of ether oxygens (including phenoxy) is 1. The van der Waals surface area contributed by atoms with Crippen molar-refractivity contribution in [2.24, 2.45) is 0 Å². The molecule has 3 nitrogen and oxygen atoms in total. The van der Waals surface area contributed by atoms with E-state index in [0.29, 0.717) is 18.2 Å². The summed E-state index contributed by atoms with van der Waals surface area (Å²) in [6, 6.07) is 3.82. The Labute approximate surface area is 95.3 Å². The van der Waals surface area contributed by atoms with Gasteiger partial charge in [0.15, 0.2) is 0 Å². The van der Waals surface area contributed by atoms with Crippen LogP contribution in [-0.2, 0) is 11.3 Å². The van der Waals surface area contributed by atoms with E-state index >= 15 is 0 Å². The monoisotopic (exact) mass is 229 g/mol. The van der Waals surface area contributed by atoms with Crippen LogP contribution in [0.2, 0.25) is 0 Å². The van der Waals surface area contributed by atoms with E-state index in [4.69, 9.17) is 20.8 Å². The SMILES string of the molecule is C=C(Cl)CN(CCOC)Cc1ccco1. The zero-order valence-corrected chi connectivity index (χ0v) is 9.67. The quantitative estimate of drug-likeness (QED) is 0.719. The first kappa shape index (κ1) is 12.3. The van der Waals surface area contributed by atoms with Crippen molar-refractivity contribution < 1.29 is 9.15 Å². The molecule has 0 N–H and O–H groups in total. The maximum Gasteiger partial charge on any atom is 0.117 e. The van der Waals surface area contributed by atoms with Gasteiger partial charge in [0.25, 0.3) is 0 Å². The molecule has 0 aromatic carbocycles. The van der Waals surface area contributed by atoms with Crippen LogP contribution in [0.5, 0.6) is 0 Å². The fourth-order valence-electron chi connectivity index (χ4n) is 1.30. The highest BCUT2D eigenvalue weighted by atomic mass is 35.5. The Morgan fingerprint density at radius 1 is 1.67 bits per heavy atom. The molecule has 0 saturated heterocycles. The van der Waals surface area contributed by atoms with E-state index in [2.05, 4.69) is 11.5 Å². The van der Waals surface area contributed by atoms with E-state index in [1.165, 1.54) is 0 Å². The standard InChI is InChI=1S/C11H16ClNO2/c1-10(12)8-13(5-7-14-2)9-11-4-3-6-15-11/h3-4,6H,1,5,7-9H2,2H3. The van der Waals surface area contributed by atoms with Crippen molar-refractivity contribution in [3.63, 3.8) is 0 Å². The highest BCUT2D eigenvalue weighted by Gasteiger charge is 2.08. The molecule has 1 aromatic rings. The Hall–Kier alpha value is -0.770. The van der Waals surface area contributed by atoms with Gasteiger partial charge in [-0.15, -0.1) is 0 Å². The van der Waals surface area contributed by atoms with E-state index < -0.39 is 0 Å². The van der Waals surface area contributed by atoms with Gasteiger partial charge in [-0.05, 0) is 12.1 Å². The van der Waals surface area contributed by atoms with E-state index in [9.17, 15) is 0 Å². The second-order valence-corrected chi connectivity index (χ2v) is 3.83. The van der Waals surface area contributed by atoms with Crippen molar-refractivity contribution >= 4 is 11.6 Å². The molecule has 0 aliphatic heterocycles. The highest BCUT2D eigenvalue weighted by Crippen LogP contribution is 2.08. The Bertz CT molecular complexity index is 285. The van der Waals surface area contributed by atoms with Gasteiger partial charge in [0.05, 0.1) is 19.4 Å². The van der Waals surface area contributed by atoms with Crippen LogP contribution < -0.4 is 0 Å². The lowest BCUT2D eigenvalue weighted by molar-refractivity contribution is 0.146. The minimum Gasteiger partial charge on any atom is -0.468 e. The van der Waals surface area contributed by atoms with Gasteiger partial charge in [0.1, 0.15) is 5.76 Å². The summed E-state index contributed by atoms with van der Waals surface area (Å²) in [5, 5.41) is 0.623. The number of methoxy groups -OCH3 is 1. The molecule has 1 aromatic heterocycles. The third-order valence-corrected chi connectivity index (χ3v) is 2.09. The molecule has 0 saturated carbocycles. The third-order valence-electron chi connectivity index (χ3n) is 1.97. The van der Waals surface area contributed by atoms with Crippen LogP contribution >= 0.6 is 11.6 Å². The molecule has 0 fully saturated rings. The topological polar surface area (TPSA) is 25.6 Å². The van der Waals surface area contributed by atoms with Gasteiger partial charge in [-0.25, -0.2) is 0 Å². The van der Waals surface area contributed by atoms with Gasteiger partial charge >= 0.3 is 0 Å². The predicted octanol–water partition coefficient (Wildman–Crippen LogP) is 2.48. The maximum absolute atomic E-state index is 5.78. The normalized spacial score (nSPS) is 10.9. The van der Waals surface area contributed by atoms with Crippen LogP contribution in [-0.4, -0.2) is 31.7 Å². The van der Waals surface area contributed by atoms with Crippen LogP contribution in [0.4, 0.5) is 0 Å². The molecule has 84 valence electrons. The highest BCUT2D eigenvalue weighted by molar-refractivity contribution is 6.29. The first-order valence-corrected chi connectivity index (χ1v) is 5.17. The van der Waals surface area contributed by atoms with E-state index in [1.54, 1.807) is 13.4 Å². The van der Waals surface area contributed by atoms with Crippen molar-refractivity contribution in [2.45, 2.75) is 6.54 Å². The molecule has 1 heterocycles. The summed E-state index contributed by atoms with van der Waals surface area (Å²) in [6.45, 7) is 6.53. The maximum atomic E-state index is 5.78. The van der Waals surface area contributed by atoms with Gasteiger partial charge in [0.2, 0.25) is 0 Å². The molecule has 0 aliphatic rings. The molecule has 4 heteroatoms.